The van der Waals surface area contributed by atoms with Gasteiger partial charge in [-0.15, -0.1) is 0 Å². The lowest BCUT2D eigenvalue weighted by atomic mass is 9.57. The third-order valence-electron chi connectivity index (χ3n) is 8.64. The SMILES string of the molecule is CN(C)C1C(=O)C(C(N)=O)=C(O)[C@@]2(O)C(=O)C3=C(O)c4c(O)ccc(CNC5CCCC5)c4C[C@H]3C[C@@H]12. The molecule has 10 heteroatoms. The highest BCUT2D eigenvalue weighted by molar-refractivity contribution is 6.24. The number of likely N-dealkylation sites (N-methyl/N-ethyl adjacent to an activating group) is 1. The Hall–Kier alpha value is -3.21. The van der Waals surface area contributed by atoms with Crippen LogP contribution in [0.5, 0.6) is 5.75 Å². The van der Waals surface area contributed by atoms with Gasteiger partial charge in [0.2, 0.25) is 5.78 Å². The number of hydrogen-bond donors (Lipinski definition) is 6. The summed E-state index contributed by atoms with van der Waals surface area (Å²) in [5.41, 5.74) is 3.50. The molecule has 1 aromatic carbocycles. The molecule has 4 atom stereocenters. The van der Waals surface area contributed by atoms with Gasteiger partial charge in [-0.3, -0.25) is 19.3 Å². The van der Waals surface area contributed by atoms with Crippen LogP contribution >= 0.6 is 0 Å². The average Bonchev–Trinajstić information content (AvgIpc) is 3.34. The molecule has 0 aromatic heterocycles. The second kappa shape index (κ2) is 8.97. The van der Waals surface area contributed by atoms with Gasteiger partial charge in [-0.25, -0.2) is 0 Å². The number of phenols is 1. The van der Waals surface area contributed by atoms with Crippen molar-refractivity contribution in [3.05, 3.63) is 45.7 Å². The molecule has 198 valence electrons. The second-order valence-electron chi connectivity index (χ2n) is 10.9. The van der Waals surface area contributed by atoms with Gasteiger partial charge in [0.15, 0.2) is 11.4 Å². The van der Waals surface area contributed by atoms with Crippen LogP contribution in [0.2, 0.25) is 0 Å². The van der Waals surface area contributed by atoms with E-state index in [1.165, 1.54) is 23.8 Å². The molecule has 1 aromatic rings. The lowest BCUT2D eigenvalue weighted by molar-refractivity contribution is -0.153. The van der Waals surface area contributed by atoms with Crippen LogP contribution in [0.1, 0.15) is 48.8 Å². The minimum atomic E-state index is -2.62. The molecule has 10 nitrogen and oxygen atoms in total. The molecule has 0 radical (unpaired) electrons. The van der Waals surface area contributed by atoms with Crippen molar-refractivity contribution in [3.8, 4) is 5.75 Å². The molecule has 0 spiro atoms. The molecular weight excluding hydrogens is 478 g/mol. The Morgan fingerprint density at radius 1 is 1.16 bits per heavy atom. The van der Waals surface area contributed by atoms with Crippen LogP contribution in [-0.4, -0.2) is 74.6 Å². The maximum absolute atomic E-state index is 13.8. The summed E-state index contributed by atoms with van der Waals surface area (Å²) < 4.78 is 0. The van der Waals surface area contributed by atoms with Crippen LogP contribution in [0.25, 0.3) is 5.76 Å². The summed E-state index contributed by atoms with van der Waals surface area (Å²) in [5, 5.41) is 48.1. The minimum absolute atomic E-state index is 0.0803. The van der Waals surface area contributed by atoms with Crippen LogP contribution in [-0.2, 0) is 27.3 Å². The van der Waals surface area contributed by atoms with E-state index in [0.717, 1.165) is 18.4 Å². The molecule has 2 saturated carbocycles. The molecule has 5 rings (SSSR count). The van der Waals surface area contributed by atoms with Gasteiger partial charge in [-0.2, -0.15) is 0 Å². The number of nitrogens with zero attached hydrogens (tertiary/aromatic N) is 1. The molecule has 1 unspecified atom stereocenters. The molecule has 0 saturated heterocycles. The predicted molar refractivity (Wildman–Crippen MR) is 133 cm³/mol. The van der Waals surface area contributed by atoms with Crippen LogP contribution in [0, 0.1) is 11.8 Å². The number of hydrogen-bond acceptors (Lipinski definition) is 9. The summed E-state index contributed by atoms with van der Waals surface area (Å²) >= 11 is 0. The second-order valence-corrected chi connectivity index (χ2v) is 10.9. The third kappa shape index (κ3) is 3.69. The maximum Gasteiger partial charge on any atom is 0.255 e. The average molecular weight is 512 g/mol. The van der Waals surface area contributed by atoms with E-state index in [1.807, 2.05) is 0 Å². The summed E-state index contributed by atoms with van der Waals surface area (Å²) in [6.07, 6.45) is 4.92. The number of amides is 1. The monoisotopic (exact) mass is 511 g/mol. The van der Waals surface area contributed by atoms with Gasteiger partial charge in [0.1, 0.15) is 22.8 Å². The fraction of sp³-hybridized carbons (Fsp3) is 0.519. The number of Topliss-reactive ketones (excluding diaryl/α,β-unsaturated/α-hetero) is 2. The predicted octanol–water partition coefficient (Wildman–Crippen LogP) is 0.996. The molecule has 0 heterocycles. The van der Waals surface area contributed by atoms with Crippen molar-refractivity contribution in [2.75, 3.05) is 14.1 Å². The van der Waals surface area contributed by atoms with E-state index < -0.39 is 58.0 Å². The molecule has 4 aliphatic rings. The Labute approximate surface area is 214 Å². The van der Waals surface area contributed by atoms with E-state index in [-0.39, 0.29) is 23.3 Å². The molecule has 2 fully saturated rings. The van der Waals surface area contributed by atoms with Crippen LogP contribution in [0.3, 0.4) is 0 Å². The standard InChI is InChI=1S/C27H33N3O7/c1-30(2)21-16-10-13-9-15-12(11-29-14-5-3-4-6-14)7-8-17(31)19(15)22(32)18(13)24(34)27(16,37)25(35)20(23(21)33)26(28)36/h7-8,13-14,16,21,29,31-32,35,37H,3-6,9-11H2,1-2H3,(H2,28,36)/t13-,16-,21?,27-/m0/s1. The zero-order chi connectivity index (χ0) is 26.8. The van der Waals surface area contributed by atoms with E-state index in [0.29, 0.717) is 24.6 Å². The summed E-state index contributed by atoms with van der Waals surface area (Å²) in [7, 11) is 3.16. The smallest absolute Gasteiger partial charge is 0.255 e. The number of fused-ring (bicyclic) bond motifs is 3. The zero-order valence-corrected chi connectivity index (χ0v) is 21.0. The van der Waals surface area contributed by atoms with Crippen molar-refractivity contribution in [1.82, 2.24) is 10.2 Å². The third-order valence-corrected chi connectivity index (χ3v) is 8.64. The minimum Gasteiger partial charge on any atom is -0.508 e. The number of carbonyl (C=O) groups excluding carboxylic acids is 3. The number of nitrogens with one attached hydrogen (secondary N) is 1. The number of rotatable bonds is 5. The van der Waals surface area contributed by atoms with Gasteiger partial charge in [-0.1, -0.05) is 18.9 Å². The maximum atomic E-state index is 13.8. The summed E-state index contributed by atoms with van der Waals surface area (Å²) in [6.45, 7) is 0.536. The van der Waals surface area contributed by atoms with E-state index in [9.17, 15) is 34.8 Å². The number of aliphatic hydroxyl groups is 3. The van der Waals surface area contributed by atoms with Crippen molar-refractivity contribution in [1.29, 1.82) is 0 Å². The first-order valence-corrected chi connectivity index (χ1v) is 12.7. The molecule has 37 heavy (non-hydrogen) atoms. The Bertz CT molecular complexity index is 1260. The number of aromatic hydroxyl groups is 1. The van der Waals surface area contributed by atoms with Gasteiger partial charge in [-0.05, 0) is 62.9 Å². The molecular formula is C27H33N3O7. The highest BCUT2D eigenvalue weighted by Crippen LogP contribution is 2.52. The summed E-state index contributed by atoms with van der Waals surface area (Å²) in [4.78, 5) is 40.6. The van der Waals surface area contributed by atoms with Crippen molar-refractivity contribution in [2.24, 2.45) is 17.6 Å². The first-order chi connectivity index (χ1) is 17.5. The lowest BCUT2D eigenvalue weighted by Gasteiger charge is -2.50. The van der Waals surface area contributed by atoms with Crippen LogP contribution in [0.4, 0.5) is 0 Å². The van der Waals surface area contributed by atoms with E-state index >= 15 is 0 Å². The first kappa shape index (κ1) is 25.4. The number of phenolic OH excluding ortho intramolecular Hbond substituents is 1. The van der Waals surface area contributed by atoms with Gasteiger partial charge in [0.05, 0.1) is 11.6 Å². The highest BCUT2D eigenvalue weighted by atomic mass is 16.3. The number of aliphatic hydroxyl groups excluding tert-OH is 2. The molecule has 1 amide bonds. The Morgan fingerprint density at radius 3 is 2.46 bits per heavy atom. The number of carbonyl (C=O) groups is 3. The van der Waals surface area contributed by atoms with E-state index in [1.54, 1.807) is 20.2 Å². The number of benzene rings is 1. The van der Waals surface area contributed by atoms with Crippen molar-refractivity contribution < 1.29 is 34.8 Å². The van der Waals surface area contributed by atoms with E-state index in [2.05, 4.69) is 5.32 Å². The zero-order valence-electron chi connectivity index (χ0n) is 21.0. The van der Waals surface area contributed by atoms with Crippen LogP contribution < -0.4 is 11.1 Å². The number of primary amides is 1. The van der Waals surface area contributed by atoms with E-state index in [4.69, 9.17) is 5.73 Å². The molecule has 7 N–H and O–H groups in total. The Morgan fingerprint density at radius 2 is 1.84 bits per heavy atom. The van der Waals surface area contributed by atoms with Crippen molar-refractivity contribution in [3.63, 3.8) is 0 Å². The van der Waals surface area contributed by atoms with Gasteiger partial charge in [0.25, 0.3) is 5.91 Å². The normalized spacial score (nSPS) is 30.0. The summed E-state index contributed by atoms with van der Waals surface area (Å²) in [6, 6.07) is 2.58. The largest absolute Gasteiger partial charge is 0.508 e. The van der Waals surface area contributed by atoms with Gasteiger partial charge >= 0.3 is 0 Å². The topological polar surface area (TPSA) is 173 Å². The van der Waals surface area contributed by atoms with Gasteiger partial charge < -0.3 is 31.5 Å². The molecule has 4 aliphatic carbocycles. The Kier molecular flexibility index (Phi) is 6.17. The van der Waals surface area contributed by atoms with Crippen molar-refractivity contribution >= 4 is 23.2 Å². The Balaban J connectivity index is 1.62. The fourth-order valence-corrected chi connectivity index (χ4v) is 6.86. The lowest BCUT2D eigenvalue weighted by Crippen LogP contribution is -2.65. The van der Waals surface area contributed by atoms with Gasteiger partial charge in [0, 0.05) is 24.1 Å². The highest BCUT2D eigenvalue weighted by Gasteiger charge is 2.64. The van der Waals surface area contributed by atoms with Crippen molar-refractivity contribution in [2.45, 2.75) is 62.8 Å². The van der Waals surface area contributed by atoms with Crippen LogP contribution in [0.15, 0.2) is 29.0 Å². The number of nitrogens with two attached hydrogens (primary N) is 1. The summed E-state index contributed by atoms with van der Waals surface area (Å²) in [5.74, 6) is -6.41. The number of ketones is 2. The molecule has 0 bridgehead atoms. The quantitative estimate of drug-likeness (QED) is 0.315. The first-order valence-electron chi connectivity index (χ1n) is 12.7. The fourth-order valence-electron chi connectivity index (χ4n) is 6.86. The molecule has 0 aliphatic heterocycles.